The molecule has 0 aliphatic heterocycles. The Kier molecular flexibility index (Phi) is 5.17. The van der Waals surface area contributed by atoms with Crippen molar-refractivity contribution in [3.63, 3.8) is 0 Å². The molecule has 0 N–H and O–H groups in total. The highest BCUT2D eigenvalue weighted by atomic mass is 16.4. The minimum atomic E-state index is -1.07. The number of nitrogens with zero attached hydrogens (tertiary/aromatic N) is 1. The molecule has 104 valence electrons. The third kappa shape index (κ3) is 3.24. The molecule has 0 aromatic rings. The highest BCUT2D eigenvalue weighted by Crippen LogP contribution is 2.32. The SMILES string of the molecule is CC(C)N(C(=O)C1CCCCC1C(=O)[O-])C(C)C. The van der Waals surface area contributed by atoms with E-state index in [9.17, 15) is 14.7 Å². The van der Waals surface area contributed by atoms with Gasteiger partial charge in [0.25, 0.3) is 0 Å². The lowest BCUT2D eigenvalue weighted by Crippen LogP contribution is -2.50. The van der Waals surface area contributed by atoms with Crippen molar-refractivity contribution in [2.75, 3.05) is 0 Å². The van der Waals surface area contributed by atoms with Crippen molar-refractivity contribution in [3.05, 3.63) is 0 Å². The zero-order valence-corrected chi connectivity index (χ0v) is 11.8. The highest BCUT2D eigenvalue weighted by molar-refractivity contribution is 5.84. The molecule has 1 saturated carbocycles. The fourth-order valence-corrected chi connectivity index (χ4v) is 3.01. The molecule has 1 aliphatic carbocycles. The van der Waals surface area contributed by atoms with Crippen LogP contribution in [0.15, 0.2) is 0 Å². The Balaban J connectivity index is 2.88. The van der Waals surface area contributed by atoms with Gasteiger partial charge in [-0.25, -0.2) is 0 Å². The van der Waals surface area contributed by atoms with Crippen molar-refractivity contribution in [1.29, 1.82) is 0 Å². The van der Waals surface area contributed by atoms with Crippen molar-refractivity contribution in [2.24, 2.45) is 11.8 Å². The van der Waals surface area contributed by atoms with E-state index in [2.05, 4.69) is 0 Å². The predicted molar refractivity (Wildman–Crippen MR) is 67.6 cm³/mol. The maximum Gasteiger partial charge on any atom is 0.226 e. The topological polar surface area (TPSA) is 60.4 Å². The quantitative estimate of drug-likeness (QED) is 0.757. The van der Waals surface area contributed by atoms with E-state index in [1.54, 1.807) is 4.90 Å². The van der Waals surface area contributed by atoms with Gasteiger partial charge in [0.15, 0.2) is 0 Å². The summed E-state index contributed by atoms with van der Waals surface area (Å²) in [7, 11) is 0. The summed E-state index contributed by atoms with van der Waals surface area (Å²) in [4.78, 5) is 25.5. The third-order valence-electron chi connectivity index (χ3n) is 3.75. The molecule has 4 nitrogen and oxygen atoms in total. The average Bonchev–Trinajstić information content (AvgIpc) is 2.27. The van der Waals surface area contributed by atoms with Gasteiger partial charge >= 0.3 is 0 Å². The van der Waals surface area contributed by atoms with Crippen LogP contribution >= 0.6 is 0 Å². The van der Waals surface area contributed by atoms with Gasteiger partial charge in [0.05, 0.1) is 0 Å². The molecule has 18 heavy (non-hydrogen) atoms. The first kappa shape index (κ1) is 15.0. The van der Waals surface area contributed by atoms with Gasteiger partial charge < -0.3 is 14.8 Å². The van der Waals surface area contributed by atoms with Gasteiger partial charge in [-0.1, -0.05) is 12.8 Å². The molecule has 2 atom stereocenters. The predicted octanol–water partition coefficient (Wildman–Crippen LogP) is 1.19. The fraction of sp³-hybridized carbons (Fsp3) is 0.857. The monoisotopic (exact) mass is 254 g/mol. The Labute approximate surface area is 109 Å². The zero-order valence-electron chi connectivity index (χ0n) is 11.8. The van der Waals surface area contributed by atoms with E-state index in [0.29, 0.717) is 12.8 Å². The lowest BCUT2D eigenvalue weighted by atomic mass is 9.78. The van der Waals surface area contributed by atoms with Crippen LogP contribution in [0.25, 0.3) is 0 Å². The van der Waals surface area contributed by atoms with Gasteiger partial charge in [0.1, 0.15) is 0 Å². The molecule has 0 saturated heterocycles. The van der Waals surface area contributed by atoms with Crippen LogP contribution in [-0.4, -0.2) is 28.9 Å². The van der Waals surface area contributed by atoms with Crippen LogP contribution in [0.4, 0.5) is 0 Å². The Morgan fingerprint density at radius 1 is 1.00 bits per heavy atom. The molecule has 1 fully saturated rings. The second kappa shape index (κ2) is 6.21. The first-order valence-corrected chi connectivity index (χ1v) is 6.89. The molecule has 0 radical (unpaired) electrons. The van der Waals surface area contributed by atoms with Gasteiger partial charge in [-0.15, -0.1) is 0 Å². The Morgan fingerprint density at radius 3 is 1.83 bits per heavy atom. The summed E-state index contributed by atoms with van der Waals surface area (Å²) in [6, 6.07) is 0.198. The van der Waals surface area contributed by atoms with Crippen LogP contribution in [0.2, 0.25) is 0 Å². The number of rotatable bonds is 4. The second-order valence-corrected chi connectivity index (χ2v) is 5.75. The summed E-state index contributed by atoms with van der Waals surface area (Å²) in [5.41, 5.74) is 0. The first-order valence-electron chi connectivity index (χ1n) is 6.89. The number of carbonyl (C=O) groups is 2. The van der Waals surface area contributed by atoms with E-state index in [1.165, 1.54) is 0 Å². The van der Waals surface area contributed by atoms with Gasteiger partial charge in [-0.05, 0) is 40.5 Å². The molecule has 1 amide bonds. The summed E-state index contributed by atoms with van der Waals surface area (Å²) in [5, 5.41) is 11.1. The van der Waals surface area contributed by atoms with Crippen LogP contribution in [0.3, 0.4) is 0 Å². The number of carboxylic acid groups (broad SMARTS) is 1. The smallest absolute Gasteiger partial charge is 0.226 e. The van der Waals surface area contributed by atoms with Crippen molar-refractivity contribution in [2.45, 2.75) is 65.5 Å². The third-order valence-corrected chi connectivity index (χ3v) is 3.75. The minimum Gasteiger partial charge on any atom is -0.550 e. The summed E-state index contributed by atoms with van der Waals surface area (Å²) in [6.07, 6.45) is 3.06. The van der Waals surface area contributed by atoms with Gasteiger partial charge in [0, 0.05) is 29.9 Å². The molecule has 0 bridgehead atoms. The standard InChI is InChI=1S/C14H25NO3/c1-9(2)15(10(3)4)13(16)11-7-5-6-8-12(11)14(17)18/h9-12H,5-8H2,1-4H3,(H,17,18)/p-1. The van der Waals surface area contributed by atoms with Crippen molar-refractivity contribution in [1.82, 2.24) is 4.90 Å². The summed E-state index contributed by atoms with van der Waals surface area (Å²) in [5.74, 6) is -2.09. The number of aliphatic carboxylic acids is 1. The van der Waals surface area contributed by atoms with E-state index in [1.807, 2.05) is 27.7 Å². The first-order chi connectivity index (χ1) is 8.36. The molecule has 0 heterocycles. The molecular weight excluding hydrogens is 230 g/mol. The lowest BCUT2D eigenvalue weighted by molar-refractivity contribution is -0.314. The largest absolute Gasteiger partial charge is 0.550 e. The maximum atomic E-state index is 12.5. The van der Waals surface area contributed by atoms with Gasteiger partial charge in [-0.3, -0.25) is 4.79 Å². The lowest BCUT2D eigenvalue weighted by Gasteiger charge is -2.38. The number of amides is 1. The molecule has 1 rings (SSSR count). The van der Waals surface area contributed by atoms with Gasteiger partial charge in [-0.2, -0.15) is 0 Å². The minimum absolute atomic E-state index is 0.0195. The fourth-order valence-electron chi connectivity index (χ4n) is 3.01. The van der Waals surface area contributed by atoms with Crippen LogP contribution < -0.4 is 5.11 Å². The number of carboxylic acids is 1. The number of hydrogen-bond acceptors (Lipinski definition) is 3. The van der Waals surface area contributed by atoms with Crippen LogP contribution in [0, 0.1) is 11.8 Å². The number of carbonyl (C=O) groups excluding carboxylic acids is 2. The molecule has 0 spiro atoms. The number of hydrogen-bond donors (Lipinski definition) is 0. The molecule has 1 aliphatic rings. The van der Waals surface area contributed by atoms with E-state index in [0.717, 1.165) is 12.8 Å². The molecule has 0 aromatic carbocycles. The summed E-state index contributed by atoms with van der Waals surface area (Å²) >= 11 is 0. The summed E-state index contributed by atoms with van der Waals surface area (Å²) < 4.78 is 0. The zero-order chi connectivity index (χ0) is 13.9. The maximum absolute atomic E-state index is 12.5. The highest BCUT2D eigenvalue weighted by Gasteiger charge is 2.35. The molecule has 2 unspecified atom stereocenters. The van der Waals surface area contributed by atoms with E-state index in [-0.39, 0.29) is 18.0 Å². The van der Waals surface area contributed by atoms with Crippen LogP contribution in [-0.2, 0) is 9.59 Å². The molecule has 0 aromatic heterocycles. The Morgan fingerprint density at radius 2 is 1.44 bits per heavy atom. The van der Waals surface area contributed by atoms with Crippen molar-refractivity contribution in [3.8, 4) is 0 Å². The average molecular weight is 254 g/mol. The molecular formula is C14H24NO3-. The Bertz CT molecular complexity index is 304. The summed E-state index contributed by atoms with van der Waals surface area (Å²) in [6.45, 7) is 7.87. The van der Waals surface area contributed by atoms with Crippen LogP contribution in [0.1, 0.15) is 53.4 Å². The van der Waals surface area contributed by atoms with E-state index in [4.69, 9.17) is 0 Å². The normalized spacial score (nSPS) is 24.3. The Hall–Kier alpha value is -1.06. The van der Waals surface area contributed by atoms with E-state index >= 15 is 0 Å². The second-order valence-electron chi connectivity index (χ2n) is 5.75. The van der Waals surface area contributed by atoms with E-state index < -0.39 is 17.8 Å². The molecule has 4 heteroatoms. The van der Waals surface area contributed by atoms with Crippen molar-refractivity contribution < 1.29 is 14.7 Å². The van der Waals surface area contributed by atoms with Crippen LogP contribution in [0.5, 0.6) is 0 Å². The van der Waals surface area contributed by atoms with Gasteiger partial charge in [0.2, 0.25) is 5.91 Å². The van der Waals surface area contributed by atoms with Crippen molar-refractivity contribution >= 4 is 11.9 Å².